The molecule has 21 nitrogen and oxygen atoms in total. The number of imidazole rings is 3. The molecule has 0 N–H and O–H groups in total. The largest absolute Gasteiger partial charge is 0.330 e. The van der Waals surface area contributed by atoms with Gasteiger partial charge < -0.3 is 22.8 Å². The van der Waals surface area contributed by atoms with Gasteiger partial charge in [0.25, 0.3) is 0 Å². The molecule has 0 saturated heterocycles. The monoisotopic (exact) mass is 1150 g/mol. The Balaban J connectivity index is 0.000000142. The number of aliphatic imine (C=N–C) groups is 4. The third kappa shape index (κ3) is 16.0. The third-order valence-corrected chi connectivity index (χ3v) is 14.2. The van der Waals surface area contributed by atoms with Crippen LogP contribution in [-0.2, 0) is 25.7 Å². The fourth-order valence-corrected chi connectivity index (χ4v) is 9.63. The predicted molar refractivity (Wildman–Crippen MR) is 347 cm³/mol. The number of hydrogen-bond donors (Lipinski definition) is 0. The van der Waals surface area contributed by atoms with Crippen LogP contribution in [0.25, 0.3) is 33.4 Å². The summed E-state index contributed by atoms with van der Waals surface area (Å²) in [5, 5.41) is 17.3. The Morgan fingerprint density at radius 2 is 0.941 bits per heavy atom. The molecule has 0 saturated carbocycles. The summed E-state index contributed by atoms with van der Waals surface area (Å²) in [5.74, 6) is 3.16. The molecule has 0 atom stereocenters. The summed E-state index contributed by atoms with van der Waals surface area (Å²) in [7, 11) is 0. The molecular weight excluding hydrogens is 1060 g/mol. The second-order valence-electron chi connectivity index (χ2n) is 22.8. The van der Waals surface area contributed by atoms with Crippen molar-refractivity contribution in [2.75, 3.05) is 6.54 Å². The fourth-order valence-electron chi connectivity index (χ4n) is 9.63. The molecule has 0 aliphatic carbocycles. The zero-order valence-corrected chi connectivity index (χ0v) is 51.6. The Kier molecular flexibility index (Phi) is 22.8. The van der Waals surface area contributed by atoms with Gasteiger partial charge in [0.1, 0.15) is 28.2 Å². The normalized spacial score (nSPS) is 13.4. The first-order chi connectivity index (χ1) is 40.5. The highest BCUT2D eigenvalue weighted by molar-refractivity contribution is 5.80. The van der Waals surface area contributed by atoms with E-state index in [1.165, 1.54) is 22.3 Å². The van der Waals surface area contributed by atoms with Gasteiger partial charge in [-0.15, -0.1) is 10.2 Å². The second-order valence-corrected chi connectivity index (χ2v) is 22.8. The smallest absolute Gasteiger partial charge is 0.178 e. The molecular formula is C64H89N21. The Labute approximate surface area is 501 Å². The first kappa shape index (κ1) is 64.0. The number of aryl methyl sites for hydroxylation is 3. The van der Waals surface area contributed by atoms with Crippen LogP contribution in [0.2, 0.25) is 0 Å². The molecule has 0 amide bonds. The molecule has 14 heterocycles. The molecule has 0 radical (unpaired) electrons. The highest BCUT2D eigenvalue weighted by Gasteiger charge is 2.18. The lowest BCUT2D eigenvalue weighted by Crippen LogP contribution is -2.09. The number of pyridine rings is 3. The highest BCUT2D eigenvalue weighted by Crippen LogP contribution is 2.29. The molecule has 10 aromatic heterocycles. The van der Waals surface area contributed by atoms with Gasteiger partial charge in [-0.25, -0.2) is 54.2 Å². The van der Waals surface area contributed by atoms with E-state index in [4.69, 9.17) is 0 Å². The van der Waals surface area contributed by atoms with E-state index in [9.17, 15) is 0 Å². The summed E-state index contributed by atoms with van der Waals surface area (Å²) in [4.78, 5) is 43.0. The number of fused-ring (bicyclic) bond motifs is 7. The van der Waals surface area contributed by atoms with E-state index in [0.29, 0.717) is 42.3 Å². The Hall–Kier alpha value is -8.62. The zero-order chi connectivity index (χ0) is 59.9. The number of rotatable bonds is 7. The van der Waals surface area contributed by atoms with Crippen molar-refractivity contribution in [2.45, 2.75) is 192 Å². The van der Waals surface area contributed by atoms with Crippen LogP contribution in [0.15, 0.2) is 118 Å². The van der Waals surface area contributed by atoms with Gasteiger partial charge in [-0.3, -0.25) is 4.99 Å². The van der Waals surface area contributed by atoms with Crippen LogP contribution in [0.3, 0.4) is 0 Å². The summed E-state index contributed by atoms with van der Waals surface area (Å²) in [6.45, 7) is 30.7. The maximum atomic E-state index is 4.41. The molecule has 450 valence electrons. The second kappa shape index (κ2) is 30.3. The van der Waals surface area contributed by atoms with Crippen molar-refractivity contribution in [1.82, 2.24) is 82.7 Å². The van der Waals surface area contributed by atoms with E-state index in [0.717, 1.165) is 108 Å². The molecule has 0 aromatic carbocycles. The average molecular weight is 1150 g/mol. The molecule has 0 spiro atoms. The van der Waals surface area contributed by atoms with Crippen LogP contribution in [-0.4, -0.2) is 114 Å². The van der Waals surface area contributed by atoms with Crippen LogP contribution in [0.1, 0.15) is 194 Å². The van der Waals surface area contributed by atoms with Crippen molar-refractivity contribution < 1.29 is 0 Å². The lowest BCUT2D eigenvalue weighted by Gasteiger charge is -2.12. The van der Waals surface area contributed by atoms with Gasteiger partial charge in [0.15, 0.2) is 22.9 Å². The van der Waals surface area contributed by atoms with Gasteiger partial charge in [-0.1, -0.05) is 17.9 Å². The Bertz CT molecular complexity index is 3340. The van der Waals surface area contributed by atoms with Gasteiger partial charge in [0.05, 0.1) is 48.1 Å². The third-order valence-electron chi connectivity index (χ3n) is 14.2. The maximum Gasteiger partial charge on any atom is 0.178 e. The molecule has 21 heteroatoms. The van der Waals surface area contributed by atoms with Crippen LogP contribution in [0, 0.1) is 0 Å². The summed E-state index contributed by atoms with van der Waals surface area (Å²) in [5.41, 5.74) is 10.7. The molecule has 0 bridgehead atoms. The Morgan fingerprint density at radius 1 is 0.400 bits per heavy atom. The van der Waals surface area contributed by atoms with Crippen molar-refractivity contribution in [1.29, 1.82) is 0 Å². The molecule has 14 rings (SSSR count). The standard InChI is InChI=1S/C10H14N2.C10H12N2.2C9H13N3.C9H11N3.C8H12N4.C8H10N4.CH4/c2*1-8(2)12-7-5-9-4-3-6-11-10(9)12;1-7(2)12-6-11-8-3-4-10-5-9(8)12;2*1-7(2)12-6-11-8-4-3-5-10-9(8)12;2*1-6(2)12-8-7(10-11-12)4-3-5-9-8;/h5-8H,3-4H2,1-2H3;3-8H,1-2H3;2*5-7H,3-4H2,1-2H3;3-7H,1-2H3;5-6H,3-4H2,1-2H3;3-6H,1-2H3;1H4. The summed E-state index contributed by atoms with van der Waals surface area (Å²) >= 11 is 0. The minimum atomic E-state index is 0. The zero-order valence-electron chi connectivity index (χ0n) is 51.6. The van der Waals surface area contributed by atoms with Gasteiger partial charge >= 0.3 is 0 Å². The van der Waals surface area contributed by atoms with E-state index in [-0.39, 0.29) is 7.43 Å². The predicted octanol–water partition coefficient (Wildman–Crippen LogP) is 14.4. The summed E-state index contributed by atoms with van der Waals surface area (Å²) in [6, 6.07) is 19.0. The number of aromatic nitrogens is 17. The van der Waals surface area contributed by atoms with Crippen LogP contribution >= 0.6 is 0 Å². The van der Waals surface area contributed by atoms with Crippen molar-refractivity contribution in [3.63, 3.8) is 0 Å². The van der Waals surface area contributed by atoms with Gasteiger partial charge in [-0.2, -0.15) is 0 Å². The van der Waals surface area contributed by atoms with E-state index in [1.807, 2.05) is 89.7 Å². The molecule has 10 aromatic rings. The van der Waals surface area contributed by atoms with Crippen molar-refractivity contribution in [3.05, 3.63) is 127 Å². The maximum absolute atomic E-state index is 4.41. The first-order valence-corrected chi connectivity index (χ1v) is 29.7. The number of nitrogens with zero attached hydrogens (tertiary/aromatic N) is 21. The van der Waals surface area contributed by atoms with Gasteiger partial charge in [0, 0.05) is 111 Å². The minimum absolute atomic E-state index is 0. The van der Waals surface area contributed by atoms with Crippen LogP contribution in [0.4, 0.5) is 17.5 Å². The summed E-state index contributed by atoms with van der Waals surface area (Å²) < 4.78 is 14.4. The molecule has 0 unspecified atom stereocenters. The van der Waals surface area contributed by atoms with E-state index < -0.39 is 0 Å². The molecule has 4 aliphatic heterocycles. The minimum Gasteiger partial charge on any atom is -0.330 e. The van der Waals surface area contributed by atoms with E-state index in [1.54, 1.807) is 12.4 Å². The van der Waals surface area contributed by atoms with Crippen LogP contribution in [0.5, 0.6) is 0 Å². The molecule has 4 aliphatic rings. The van der Waals surface area contributed by atoms with Crippen molar-refractivity contribution in [2.24, 2.45) is 20.0 Å². The Morgan fingerprint density at radius 3 is 1.61 bits per heavy atom. The van der Waals surface area contributed by atoms with Crippen LogP contribution < -0.4 is 0 Å². The lowest BCUT2D eigenvalue weighted by molar-refractivity contribution is 0.518. The van der Waals surface area contributed by atoms with E-state index in [2.05, 4.69) is 221 Å². The number of hydrogen-bond acceptors (Lipinski definition) is 14. The highest BCUT2D eigenvalue weighted by atomic mass is 15.5. The average Bonchev–Trinajstić information content (AvgIpc) is 4.58. The quantitative estimate of drug-likeness (QED) is 0.147. The van der Waals surface area contributed by atoms with Gasteiger partial charge in [0.2, 0.25) is 0 Å². The lowest BCUT2D eigenvalue weighted by atomic mass is 10.1. The van der Waals surface area contributed by atoms with E-state index >= 15 is 0 Å². The first-order valence-electron chi connectivity index (χ1n) is 29.7. The van der Waals surface area contributed by atoms with Crippen molar-refractivity contribution >= 4 is 75.7 Å². The van der Waals surface area contributed by atoms with Crippen molar-refractivity contribution in [3.8, 4) is 0 Å². The van der Waals surface area contributed by atoms with Gasteiger partial charge in [-0.05, 0) is 183 Å². The molecule has 85 heavy (non-hydrogen) atoms. The molecule has 0 fully saturated rings. The topological polar surface area (TPSA) is 213 Å². The summed E-state index contributed by atoms with van der Waals surface area (Å²) in [6.07, 6.45) is 30.4. The SMILES string of the molecule is C.CC(C)n1ccc2c1N=CCC2.CC(C)n1ccc2cccnc21.CC(C)n1cnc2c1C=NCC2.CC(C)n1cnc2c1N=CCC2.CC(C)n1cnc2cccnc21.CC(C)n1nnc2c1N=CCC2.CC(C)n1nnc2cccnc21. The fraction of sp³-hybridized carbons (Fsp3) is 0.469.